The van der Waals surface area contributed by atoms with Crippen molar-refractivity contribution in [2.75, 3.05) is 27.4 Å². The highest BCUT2D eigenvalue weighted by atomic mass is 32.1. The number of aromatic nitrogens is 4. The predicted molar refractivity (Wildman–Crippen MR) is 159 cm³/mol. The lowest BCUT2D eigenvalue weighted by Gasteiger charge is -2.26. The van der Waals surface area contributed by atoms with Crippen LogP contribution < -0.4 is 10.1 Å². The first-order chi connectivity index (χ1) is 20.4. The summed E-state index contributed by atoms with van der Waals surface area (Å²) >= 11 is 2.83. The monoisotopic (exact) mass is 605 g/mol. The molecular formula is C29H27N5O6S2. The van der Waals surface area contributed by atoms with E-state index in [1.807, 2.05) is 30.5 Å². The number of ether oxygens (including phenoxy) is 4. The summed E-state index contributed by atoms with van der Waals surface area (Å²) in [5, 5.41) is 10.6. The van der Waals surface area contributed by atoms with Crippen LogP contribution >= 0.6 is 22.7 Å². The number of hydrogen-bond donors (Lipinski definition) is 1. The highest BCUT2D eigenvalue weighted by Gasteiger charge is 2.21. The molecule has 1 aliphatic heterocycles. The number of carbonyl (C=O) groups excluding carboxylic acids is 1. The molecule has 1 amide bonds. The Morgan fingerprint density at radius 1 is 1.24 bits per heavy atom. The number of rotatable bonds is 11. The first-order valence-electron chi connectivity index (χ1n) is 12.9. The number of thiazole rings is 1. The molecule has 0 aliphatic carbocycles. The Morgan fingerprint density at radius 3 is 2.74 bits per heavy atom. The molecule has 0 unspecified atom stereocenters. The Balaban J connectivity index is 1.15. The van der Waals surface area contributed by atoms with E-state index in [0.29, 0.717) is 63.2 Å². The van der Waals surface area contributed by atoms with Crippen molar-refractivity contribution in [1.82, 2.24) is 24.9 Å². The number of hydrogen-bond acceptors (Lipinski definition) is 11. The highest BCUT2D eigenvalue weighted by molar-refractivity contribution is 7.18. The number of amides is 1. The second-order valence-corrected chi connectivity index (χ2v) is 11.2. The van der Waals surface area contributed by atoms with Crippen molar-refractivity contribution in [3.63, 3.8) is 0 Å². The summed E-state index contributed by atoms with van der Waals surface area (Å²) in [6.07, 6.45) is 3.55. The van der Waals surface area contributed by atoms with Gasteiger partial charge in [-0.25, -0.2) is 14.5 Å². The molecule has 1 aromatic carbocycles. The number of methoxy groups -OCH3 is 2. The van der Waals surface area contributed by atoms with E-state index in [1.165, 1.54) is 22.7 Å². The molecule has 0 saturated carbocycles. The van der Waals surface area contributed by atoms with E-state index in [-0.39, 0.29) is 18.6 Å². The van der Waals surface area contributed by atoms with Gasteiger partial charge >= 0.3 is 0 Å². The molecule has 0 radical (unpaired) electrons. The number of carbonyl (C=O) groups is 1. The fourth-order valence-electron chi connectivity index (χ4n) is 4.08. The summed E-state index contributed by atoms with van der Waals surface area (Å²) in [4.78, 5) is 22.4. The van der Waals surface area contributed by atoms with Crippen molar-refractivity contribution < 1.29 is 28.2 Å². The van der Waals surface area contributed by atoms with Crippen LogP contribution in [0.1, 0.15) is 34.3 Å². The largest absolute Gasteiger partial charge is 0.501 e. The fraction of sp³-hybridized carbons (Fsp3) is 0.241. The highest BCUT2D eigenvalue weighted by Crippen LogP contribution is 2.33. The Bertz CT molecular complexity index is 1750. The van der Waals surface area contributed by atoms with Crippen LogP contribution in [0, 0.1) is 0 Å². The van der Waals surface area contributed by atoms with Gasteiger partial charge in [0.25, 0.3) is 11.1 Å². The molecule has 6 rings (SSSR count). The van der Waals surface area contributed by atoms with Crippen molar-refractivity contribution in [2.24, 2.45) is 0 Å². The summed E-state index contributed by atoms with van der Waals surface area (Å²) in [5.74, 6) is 2.04. The van der Waals surface area contributed by atoms with E-state index >= 15 is 0 Å². The number of benzene rings is 1. The van der Waals surface area contributed by atoms with Gasteiger partial charge in [0.15, 0.2) is 5.76 Å². The third kappa shape index (κ3) is 5.79. The maximum Gasteiger partial charge on any atom is 0.294 e. The van der Waals surface area contributed by atoms with Crippen molar-refractivity contribution in [3.05, 3.63) is 76.8 Å². The lowest BCUT2D eigenvalue weighted by molar-refractivity contribution is -0.00346. The van der Waals surface area contributed by atoms with Crippen LogP contribution in [0.3, 0.4) is 0 Å². The molecule has 42 heavy (non-hydrogen) atoms. The minimum atomic E-state index is -0.108. The molecule has 0 spiro atoms. The second kappa shape index (κ2) is 11.8. The average molecular weight is 606 g/mol. The SMILES string of the molecule is C=C(OCc1csc(-c2ccc(C(=O)NC3COC3)cc2)n1)c1cc(-c2cn3nc(OC)sc3n2)oc1/C=C(\C)OC. The van der Waals surface area contributed by atoms with Crippen LogP contribution in [0.25, 0.3) is 38.8 Å². The van der Waals surface area contributed by atoms with E-state index in [2.05, 4.69) is 22.0 Å². The molecule has 5 aromatic rings. The molecule has 1 fully saturated rings. The van der Waals surface area contributed by atoms with Gasteiger partial charge in [-0.1, -0.05) is 18.7 Å². The third-order valence-electron chi connectivity index (χ3n) is 6.48. The lowest BCUT2D eigenvalue weighted by atomic mass is 10.1. The maximum atomic E-state index is 12.4. The van der Waals surface area contributed by atoms with E-state index < -0.39 is 0 Å². The van der Waals surface area contributed by atoms with Crippen LogP contribution in [0.15, 0.2) is 58.7 Å². The Hall–Kier alpha value is -4.46. The minimum absolute atomic E-state index is 0.0862. The minimum Gasteiger partial charge on any atom is -0.501 e. The van der Waals surface area contributed by atoms with Gasteiger partial charge in [-0.15, -0.1) is 16.4 Å². The average Bonchev–Trinajstić information content (AvgIpc) is 3.76. The first-order valence-corrected chi connectivity index (χ1v) is 14.6. The van der Waals surface area contributed by atoms with Gasteiger partial charge in [0, 0.05) is 22.6 Å². The lowest BCUT2D eigenvalue weighted by Crippen LogP contribution is -2.48. The summed E-state index contributed by atoms with van der Waals surface area (Å²) in [6.45, 7) is 7.31. The van der Waals surface area contributed by atoms with Gasteiger partial charge in [0.1, 0.15) is 28.8 Å². The van der Waals surface area contributed by atoms with E-state index in [4.69, 9.17) is 28.3 Å². The normalized spacial score (nSPS) is 13.6. The molecule has 0 atom stereocenters. The molecule has 11 nitrogen and oxygen atoms in total. The van der Waals surface area contributed by atoms with Crippen molar-refractivity contribution in [3.8, 4) is 27.2 Å². The van der Waals surface area contributed by atoms with Gasteiger partial charge in [-0.05, 0) is 36.5 Å². The van der Waals surface area contributed by atoms with Crippen LogP contribution in [0.5, 0.6) is 5.19 Å². The standard InChI is InChI=1S/C29H27N5O6S2/c1-16(36-3)9-24-22(10-25(40-24)23-11-34-28(32-23)42-29(33-34)37-4)17(2)39-14-21-15-41-27(31-21)19-7-5-18(6-8-19)26(35)30-20-12-38-13-20/h5-11,15,20H,2,12-14H2,1,3-4H3,(H,30,35)/b16-9+. The zero-order valence-electron chi connectivity index (χ0n) is 23.1. The first kappa shape index (κ1) is 27.7. The molecule has 13 heteroatoms. The van der Waals surface area contributed by atoms with Crippen LogP contribution in [0.4, 0.5) is 0 Å². The van der Waals surface area contributed by atoms with Crippen molar-refractivity contribution in [1.29, 1.82) is 0 Å². The zero-order valence-corrected chi connectivity index (χ0v) is 24.7. The third-order valence-corrected chi connectivity index (χ3v) is 8.31. The molecule has 216 valence electrons. The van der Waals surface area contributed by atoms with Crippen molar-refractivity contribution >= 4 is 45.4 Å². The van der Waals surface area contributed by atoms with E-state index in [0.717, 1.165) is 16.3 Å². The molecule has 5 heterocycles. The topological polar surface area (TPSA) is 122 Å². The summed E-state index contributed by atoms with van der Waals surface area (Å²) in [6, 6.07) is 9.31. The molecule has 1 saturated heterocycles. The number of furan rings is 1. The number of allylic oxidation sites excluding steroid dienone is 1. The van der Waals surface area contributed by atoms with Gasteiger partial charge < -0.3 is 28.7 Å². The summed E-state index contributed by atoms with van der Waals surface area (Å²) in [5.41, 5.74) is 3.56. The van der Waals surface area contributed by atoms with Gasteiger partial charge in [0.05, 0.1) is 56.7 Å². The predicted octanol–water partition coefficient (Wildman–Crippen LogP) is 5.51. The maximum absolute atomic E-state index is 12.4. The summed E-state index contributed by atoms with van der Waals surface area (Å²) < 4.78 is 29.5. The second-order valence-electron chi connectivity index (χ2n) is 9.41. The Labute approximate surface area is 249 Å². The number of fused-ring (bicyclic) bond motifs is 1. The Morgan fingerprint density at radius 2 is 2.05 bits per heavy atom. The molecule has 1 aliphatic rings. The van der Waals surface area contributed by atoms with Crippen LogP contribution in [0.2, 0.25) is 0 Å². The van der Waals surface area contributed by atoms with Crippen LogP contribution in [-0.4, -0.2) is 59.0 Å². The van der Waals surface area contributed by atoms with E-state index in [1.54, 1.807) is 43.1 Å². The van der Waals surface area contributed by atoms with Crippen molar-refractivity contribution in [2.45, 2.75) is 19.6 Å². The number of imidazole rings is 1. The van der Waals surface area contributed by atoms with Crippen LogP contribution in [-0.2, 0) is 20.8 Å². The fourth-order valence-corrected chi connectivity index (χ4v) is 5.59. The number of nitrogens with zero attached hydrogens (tertiary/aromatic N) is 4. The number of nitrogens with one attached hydrogen (secondary N) is 1. The zero-order chi connectivity index (χ0) is 29.2. The smallest absolute Gasteiger partial charge is 0.294 e. The Kier molecular flexibility index (Phi) is 7.78. The van der Waals surface area contributed by atoms with E-state index in [9.17, 15) is 4.79 Å². The summed E-state index contributed by atoms with van der Waals surface area (Å²) in [7, 11) is 3.16. The molecular weight excluding hydrogens is 578 g/mol. The van der Waals surface area contributed by atoms with Gasteiger partial charge in [-0.3, -0.25) is 4.79 Å². The van der Waals surface area contributed by atoms with Gasteiger partial charge in [0.2, 0.25) is 4.96 Å². The molecule has 1 N–H and O–H groups in total. The molecule has 0 bridgehead atoms. The quantitative estimate of drug-likeness (QED) is 0.194. The molecule has 4 aromatic heterocycles. The van der Waals surface area contributed by atoms with Gasteiger partial charge in [-0.2, -0.15) is 0 Å².